The number of carbonyl (C=O) groups excluding carboxylic acids is 1. The molecule has 1 fully saturated rings. The second-order valence-corrected chi connectivity index (χ2v) is 6.12. The van der Waals surface area contributed by atoms with Gasteiger partial charge in [0.1, 0.15) is 6.61 Å². The molecule has 7 heteroatoms. The number of nitrogens with one attached hydrogen (secondary N) is 1. The van der Waals surface area contributed by atoms with Crippen LogP contribution in [0.4, 0.5) is 18.0 Å². The number of amides is 2. The van der Waals surface area contributed by atoms with Gasteiger partial charge in [-0.1, -0.05) is 24.3 Å². The third kappa shape index (κ3) is 6.03. The van der Waals surface area contributed by atoms with Crippen LogP contribution in [-0.4, -0.2) is 36.3 Å². The summed E-state index contributed by atoms with van der Waals surface area (Å²) < 4.78 is 40.6. The van der Waals surface area contributed by atoms with Gasteiger partial charge in [-0.25, -0.2) is 4.79 Å². The van der Waals surface area contributed by atoms with E-state index < -0.39 is 12.8 Å². The van der Waals surface area contributed by atoms with Crippen molar-refractivity contribution in [2.24, 2.45) is 0 Å². The van der Waals surface area contributed by atoms with Crippen LogP contribution < -0.4 is 5.32 Å². The molecular weight excluding hydrogens is 321 g/mol. The Morgan fingerprint density at radius 3 is 2.54 bits per heavy atom. The molecule has 1 heterocycles. The molecule has 1 aromatic carbocycles. The molecule has 1 aromatic rings. The number of alkyl halides is 3. The lowest BCUT2D eigenvalue weighted by Gasteiger charge is -2.33. The molecule has 0 aliphatic carbocycles. The number of benzene rings is 1. The van der Waals surface area contributed by atoms with Gasteiger partial charge in [-0.15, -0.1) is 0 Å². The zero-order valence-corrected chi connectivity index (χ0v) is 13.7. The maximum Gasteiger partial charge on any atom is 0.411 e. The van der Waals surface area contributed by atoms with Gasteiger partial charge in [0.25, 0.3) is 0 Å². The average molecular weight is 344 g/mol. The lowest BCUT2D eigenvalue weighted by Crippen LogP contribution is -2.47. The van der Waals surface area contributed by atoms with E-state index >= 15 is 0 Å². The molecule has 0 aromatic heterocycles. The highest BCUT2D eigenvalue weighted by Crippen LogP contribution is 2.17. The van der Waals surface area contributed by atoms with Gasteiger partial charge < -0.3 is 15.0 Å². The Hall–Kier alpha value is -1.76. The quantitative estimate of drug-likeness (QED) is 0.881. The number of ether oxygens (including phenoxy) is 1. The van der Waals surface area contributed by atoms with Crippen molar-refractivity contribution in [2.75, 3.05) is 13.2 Å². The van der Waals surface area contributed by atoms with Gasteiger partial charge in [-0.3, -0.25) is 0 Å². The van der Waals surface area contributed by atoms with Crippen LogP contribution in [0.3, 0.4) is 0 Å². The standard InChI is InChI=1S/C17H23F3N2O2/c1-13-4-2-3-9-22(13)16(23)21-10-14-5-7-15(8-6-14)11-24-12-17(18,19)20/h5-8,13H,2-4,9-12H2,1H3,(H,21,23). The molecule has 1 atom stereocenters. The number of rotatable bonds is 5. The molecule has 1 aliphatic rings. The van der Waals surface area contributed by atoms with Crippen LogP contribution >= 0.6 is 0 Å². The normalized spacial score (nSPS) is 18.5. The number of hydrogen-bond acceptors (Lipinski definition) is 2. The van der Waals surface area contributed by atoms with Crippen molar-refractivity contribution >= 4 is 6.03 Å². The highest BCUT2D eigenvalue weighted by atomic mass is 19.4. The van der Waals surface area contributed by atoms with E-state index in [1.807, 2.05) is 4.90 Å². The number of nitrogens with zero attached hydrogens (tertiary/aromatic N) is 1. The molecule has 0 radical (unpaired) electrons. The SMILES string of the molecule is CC1CCCCN1C(=O)NCc1ccc(COCC(F)(F)F)cc1. The third-order valence-corrected chi connectivity index (χ3v) is 4.07. The van der Waals surface area contributed by atoms with E-state index in [1.165, 1.54) is 0 Å². The second-order valence-electron chi connectivity index (χ2n) is 6.12. The van der Waals surface area contributed by atoms with Gasteiger partial charge >= 0.3 is 12.2 Å². The van der Waals surface area contributed by atoms with Crippen molar-refractivity contribution in [3.63, 3.8) is 0 Å². The van der Waals surface area contributed by atoms with E-state index in [-0.39, 0.29) is 18.7 Å². The number of halogens is 3. The van der Waals surface area contributed by atoms with Crippen molar-refractivity contribution in [3.05, 3.63) is 35.4 Å². The summed E-state index contributed by atoms with van der Waals surface area (Å²) in [6, 6.07) is 7.17. The minimum Gasteiger partial charge on any atom is -0.367 e. The van der Waals surface area contributed by atoms with E-state index in [2.05, 4.69) is 17.0 Å². The van der Waals surface area contributed by atoms with Crippen LogP contribution in [0.25, 0.3) is 0 Å². The number of hydrogen-bond donors (Lipinski definition) is 1. The molecule has 1 unspecified atom stereocenters. The molecule has 1 saturated heterocycles. The van der Waals surface area contributed by atoms with Crippen LogP contribution in [0.5, 0.6) is 0 Å². The third-order valence-electron chi connectivity index (χ3n) is 4.07. The minimum atomic E-state index is -4.31. The summed E-state index contributed by atoms with van der Waals surface area (Å²) >= 11 is 0. The van der Waals surface area contributed by atoms with Gasteiger partial charge in [0, 0.05) is 19.1 Å². The number of urea groups is 1. The molecule has 134 valence electrons. The van der Waals surface area contributed by atoms with Crippen molar-refractivity contribution in [1.29, 1.82) is 0 Å². The Morgan fingerprint density at radius 1 is 1.25 bits per heavy atom. The zero-order valence-electron chi connectivity index (χ0n) is 13.7. The summed E-state index contributed by atoms with van der Waals surface area (Å²) in [5.74, 6) is 0. The molecule has 24 heavy (non-hydrogen) atoms. The predicted molar refractivity (Wildman–Crippen MR) is 84.4 cm³/mol. The smallest absolute Gasteiger partial charge is 0.367 e. The van der Waals surface area contributed by atoms with Crippen LogP contribution in [0.2, 0.25) is 0 Å². The maximum absolute atomic E-state index is 12.2. The summed E-state index contributed by atoms with van der Waals surface area (Å²) in [5.41, 5.74) is 1.56. The lowest BCUT2D eigenvalue weighted by atomic mass is 10.0. The highest BCUT2D eigenvalue weighted by Gasteiger charge is 2.27. The minimum absolute atomic E-state index is 0.0696. The average Bonchev–Trinajstić information content (AvgIpc) is 2.53. The van der Waals surface area contributed by atoms with E-state index in [9.17, 15) is 18.0 Å². The molecule has 0 spiro atoms. The Bertz CT molecular complexity index is 532. The molecular formula is C17H23F3N2O2. The maximum atomic E-state index is 12.2. The van der Waals surface area contributed by atoms with E-state index in [0.29, 0.717) is 12.1 Å². The largest absolute Gasteiger partial charge is 0.411 e. The van der Waals surface area contributed by atoms with E-state index in [0.717, 1.165) is 31.4 Å². The topological polar surface area (TPSA) is 41.6 Å². The fourth-order valence-electron chi connectivity index (χ4n) is 2.72. The first kappa shape index (κ1) is 18.6. The fourth-order valence-corrected chi connectivity index (χ4v) is 2.72. The molecule has 2 amide bonds. The number of piperidine rings is 1. The van der Waals surface area contributed by atoms with Crippen molar-refractivity contribution in [3.8, 4) is 0 Å². The summed E-state index contributed by atoms with van der Waals surface area (Å²) in [4.78, 5) is 14.0. The van der Waals surface area contributed by atoms with E-state index in [1.54, 1.807) is 24.3 Å². The van der Waals surface area contributed by atoms with Crippen molar-refractivity contribution in [1.82, 2.24) is 10.2 Å². The van der Waals surface area contributed by atoms with E-state index in [4.69, 9.17) is 0 Å². The Labute approximate surface area is 140 Å². The fraction of sp³-hybridized carbons (Fsp3) is 0.588. The number of likely N-dealkylation sites (tertiary alicyclic amines) is 1. The Balaban J connectivity index is 1.76. The molecule has 1 N–H and O–H groups in total. The molecule has 0 saturated carbocycles. The second kappa shape index (κ2) is 8.37. The van der Waals surface area contributed by atoms with Crippen LogP contribution in [0.15, 0.2) is 24.3 Å². The lowest BCUT2D eigenvalue weighted by molar-refractivity contribution is -0.176. The highest BCUT2D eigenvalue weighted by molar-refractivity contribution is 5.74. The number of carbonyl (C=O) groups is 1. The first-order chi connectivity index (χ1) is 11.3. The summed E-state index contributed by atoms with van der Waals surface area (Å²) in [6.45, 7) is 1.89. The van der Waals surface area contributed by atoms with Gasteiger partial charge in [0.05, 0.1) is 6.61 Å². The van der Waals surface area contributed by atoms with Gasteiger partial charge in [-0.2, -0.15) is 13.2 Å². The zero-order chi connectivity index (χ0) is 17.6. The first-order valence-corrected chi connectivity index (χ1v) is 8.12. The summed E-state index contributed by atoms with van der Waals surface area (Å²) in [5, 5.41) is 2.89. The van der Waals surface area contributed by atoms with Crippen LogP contribution in [0, 0.1) is 0 Å². The molecule has 1 aliphatic heterocycles. The van der Waals surface area contributed by atoms with Gasteiger partial charge in [0.2, 0.25) is 0 Å². The predicted octanol–water partition coefficient (Wildman–Crippen LogP) is 3.85. The van der Waals surface area contributed by atoms with Crippen LogP contribution in [0.1, 0.15) is 37.3 Å². The van der Waals surface area contributed by atoms with Gasteiger partial charge in [-0.05, 0) is 37.3 Å². The summed E-state index contributed by atoms with van der Waals surface area (Å²) in [6.07, 6.45) is -1.09. The molecule has 2 rings (SSSR count). The van der Waals surface area contributed by atoms with Crippen LogP contribution in [-0.2, 0) is 17.9 Å². The van der Waals surface area contributed by atoms with Crippen molar-refractivity contribution in [2.45, 2.75) is 51.6 Å². The van der Waals surface area contributed by atoms with Gasteiger partial charge in [0.15, 0.2) is 0 Å². The monoisotopic (exact) mass is 344 g/mol. The van der Waals surface area contributed by atoms with Crippen molar-refractivity contribution < 1.29 is 22.7 Å². The Kier molecular flexibility index (Phi) is 6.48. The first-order valence-electron chi connectivity index (χ1n) is 8.12. The molecule has 0 bridgehead atoms. The Morgan fingerprint density at radius 2 is 1.92 bits per heavy atom. The molecule has 4 nitrogen and oxygen atoms in total. The summed E-state index contributed by atoms with van der Waals surface area (Å²) in [7, 11) is 0.